The van der Waals surface area contributed by atoms with Gasteiger partial charge in [0, 0.05) is 27.6 Å². The number of carboxylic acid groups (broad SMARTS) is 1. The van der Waals surface area contributed by atoms with Crippen molar-refractivity contribution in [3.8, 4) is 16.2 Å². The maximum absolute atomic E-state index is 12.9. The maximum Gasteiger partial charge on any atom is 0.341 e. The molecule has 0 bridgehead atoms. The molecule has 1 saturated carbocycles. The summed E-state index contributed by atoms with van der Waals surface area (Å²) in [4.78, 5) is 27.2. The van der Waals surface area contributed by atoms with E-state index in [2.05, 4.69) is 26.8 Å². The molecule has 1 fully saturated rings. The first-order valence-corrected chi connectivity index (χ1v) is 11.7. The molecular weight excluding hydrogens is 410 g/mol. The SMILES string of the molecule is COc1c(-c2cc3c(s2)C(C)CCC3(C)C)ccc2c(=O)c(C(=O)O)cn(C3CC3)c12. The van der Waals surface area contributed by atoms with E-state index in [-0.39, 0.29) is 17.0 Å². The minimum absolute atomic E-state index is 0.146. The van der Waals surface area contributed by atoms with Crippen LogP contribution >= 0.6 is 11.3 Å². The van der Waals surface area contributed by atoms with Gasteiger partial charge in [-0.05, 0) is 60.8 Å². The second kappa shape index (κ2) is 6.95. The van der Waals surface area contributed by atoms with Crippen LogP contribution in [-0.2, 0) is 5.41 Å². The summed E-state index contributed by atoms with van der Waals surface area (Å²) < 4.78 is 7.84. The summed E-state index contributed by atoms with van der Waals surface area (Å²) in [6.45, 7) is 6.91. The number of rotatable bonds is 4. The van der Waals surface area contributed by atoms with E-state index in [1.165, 1.54) is 29.5 Å². The molecule has 6 heteroatoms. The van der Waals surface area contributed by atoms with Crippen LogP contribution in [0.2, 0.25) is 0 Å². The quantitative estimate of drug-likeness (QED) is 0.548. The number of fused-ring (bicyclic) bond motifs is 2. The fourth-order valence-corrected chi connectivity index (χ4v) is 6.34. The highest BCUT2D eigenvalue weighted by atomic mass is 32.1. The highest BCUT2D eigenvalue weighted by molar-refractivity contribution is 7.15. The van der Waals surface area contributed by atoms with E-state index in [1.54, 1.807) is 13.2 Å². The minimum atomic E-state index is -1.19. The zero-order valence-electron chi connectivity index (χ0n) is 18.3. The topological polar surface area (TPSA) is 68.5 Å². The molecule has 0 radical (unpaired) electrons. The van der Waals surface area contributed by atoms with Crippen molar-refractivity contribution in [3.63, 3.8) is 0 Å². The van der Waals surface area contributed by atoms with Gasteiger partial charge in [0.15, 0.2) is 5.75 Å². The Morgan fingerprint density at radius 3 is 2.61 bits per heavy atom. The fraction of sp³-hybridized carbons (Fsp3) is 0.440. The molecule has 1 atom stereocenters. The van der Waals surface area contributed by atoms with Gasteiger partial charge >= 0.3 is 5.97 Å². The number of hydrogen-bond donors (Lipinski definition) is 1. The van der Waals surface area contributed by atoms with Crippen LogP contribution in [0.25, 0.3) is 21.3 Å². The van der Waals surface area contributed by atoms with Crippen LogP contribution < -0.4 is 10.2 Å². The summed E-state index contributed by atoms with van der Waals surface area (Å²) in [5, 5.41) is 9.94. The van der Waals surface area contributed by atoms with Gasteiger partial charge in [0.05, 0.1) is 18.0 Å². The van der Waals surface area contributed by atoms with Crippen molar-refractivity contribution in [2.24, 2.45) is 0 Å². The van der Waals surface area contributed by atoms with Crippen molar-refractivity contribution < 1.29 is 14.6 Å². The van der Waals surface area contributed by atoms with Crippen molar-refractivity contribution in [1.82, 2.24) is 4.57 Å². The molecule has 2 aromatic heterocycles. The third kappa shape index (κ3) is 3.11. The predicted octanol–water partition coefficient (Wildman–Crippen LogP) is 5.95. The molecule has 0 amide bonds. The number of aromatic carboxylic acids is 1. The van der Waals surface area contributed by atoms with Crippen molar-refractivity contribution in [3.05, 3.63) is 50.6 Å². The Balaban J connectivity index is 1.79. The van der Waals surface area contributed by atoms with Gasteiger partial charge in [-0.2, -0.15) is 0 Å². The van der Waals surface area contributed by atoms with Gasteiger partial charge in [0.25, 0.3) is 0 Å². The number of pyridine rings is 1. The van der Waals surface area contributed by atoms with Crippen LogP contribution in [0.15, 0.2) is 29.2 Å². The molecule has 1 unspecified atom stereocenters. The average Bonchev–Trinajstić information content (AvgIpc) is 3.47. The second-order valence-electron chi connectivity index (χ2n) is 9.57. The van der Waals surface area contributed by atoms with E-state index >= 15 is 0 Å². The molecule has 31 heavy (non-hydrogen) atoms. The molecule has 2 aliphatic carbocycles. The van der Waals surface area contributed by atoms with Crippen molar-refractivity contribution in [1.29, 1.82) is 0 Å². The number of thiophene rings is 1. The number of ether oxygens (including phenoxy) is 1. The predicted molar refractivity (Wildman–Crippen MR) is 124 cm³/mol. The molecular formula is C25H27NO4S. The van der Waals surface area contributed by atoms with Crippen LogP contribution in [0.5, 0.6) is 5.75 Å². The number of nitrogens with zero attached hydrogens (tertiary/aromatic N) is 1. The molecule has 1 aromatic carbocycles. The Kier molecular flexibility index (Phi) is 4.56. The Hall–Kier alpha value is -2.60. The first-order valence-electron chi connectivity index (χ1n) is 10.9. The number of carboxylic acids is 1. The summed E-state index contributed by atoms with van der Waals surface area (Å²) in [5.41, 5.74) is 2.59. The van der Waals surface area contributed by atoms with Crippen LogP contribution in [0.3, 0.4) is 0 Å². The smallest absolute Gasteiger partial charge is 0.341 e. The summed E-state index contributed by atoms with van der Waals surface area (Å²) in [7, 11) is 1.63. The highest BCUT2D eigenvalue weighted by Gasteiger charge is 2.34. The van der Waals surface area contributed by atoms with Gasteiger partial charge < -0.3 is 14.4 Å². The van der Waals surface area contributed by atoms with Crippen molar-refractivity contribution in [2.45, 2.75) is 63.8 Å². The largest absolute Gasteiger partial charge is 0.494 e. The zero-order chi connectivity index (χ0) is 22.1. The summed E-state index contributed by atoms with van der Waals surface area (Å²) in [6, 6.07) is 6.19. The molecule has 3 aromatic rings. The molecule has 0 saturated heterocycles. The molecule has 162 valence electrons. The lowest BCUT2D eigenvalue weighted by Crippen LogP contribution is -2.23. The molecule has 2 heterocycles. The maximum atomic E-state index is 12.9. The van der Waals surface area contributed by atoms with Gasteiger partial charge in [-0.1, -0.05) is 20.8 Å². The standard InChI is InChI=1S/C25H27NO4S/c1-13-9-10-25(2,3)18-11-19(31-23(13)18)15-7-8-16-20(22(15)30-4)26(14-5-6-14)12-17(21(16)27)24(28)29/h7-8,11-14H,5-6,9-10H2,1-4H3,(H,28,29). The van der Waals surface area contributed by atoms with Crippen LogP contribution in [0.1, 0.15) is 79.2 Å². The molecule has 1 N–H and O–H groups in total. The fourth-order valence-electron chi connectivity index (χ4n) is 4.89. The molecule has 5 nitrogen and oxygen atoms in total. The monoisotopic (exact) mass is 437 g/mol. The number of methoxy groups -OCH3 is 1. The van der Waals surface area contributed by atoms with Gasteiger partial charge in [-0.15, -0.1) is 11.3 Å². The number of carbonyl (C=O) groups is 1. The summed E-state index contributed by atoms with van der Waals surface area (Å²) in [5.74, 6) is 0.00462. The van der Waals surface area contributed by atoms with E-state index in [4.69, 9.17) is 4.74 Å². The summed E-state index contributed by atoms with van der Waals surface area (Å²) >= 11 is 1.82. The lowest BCUT2D eigenvalue weighted by Gasteiger charge is -2.33. The lowest BCUT2D eigenvalue weighted by atomic mass is 9.73. The van der Waals surface area contributed by atoms with Gasteiger partial charge in [-0.3, -0.25) is 4.79 Å². The third-order valence-electron chi connectivity index (χ3n) is 6.93. The normalized spacial score (nSPS) is 19.9. The highest BCUT2D eigenvalue weighted by Crippen LogP contribution is 2.51. The number of hydrogen-bond acceptors (Lipinski definition) is 4. The number of benzene rings is 1. The molecule has 0 aliphatic heterocycles. The molecule has 5 rings (SSSR count). The zero-order valence-corrected chi connectivity index (χ0v) is 19.1. The minimum Gasteiger partial charge on any atom is -0.494 e. The van der Waals surface area contributed by atoms with E-state index in [0.717, 1.165) is 23.3 Å². The first-order chi connectivity index (χ1) is 14.7. The van der Waals surface area contributed by atoms with Gasteiger partial charge in [-0.25, -0.2) is 4.79 Å². The summed E-state index contributed by atoms with van der Waals surface area (Å²) in [6.07, 6.45) is 5.81. The van der Waals surface area contributed by atoms with Gasteiger partial charge in [0.2, 0.25) is 5.43 Å². The van der Waals surface area contributed by atoms with Crippen LogP contribution in [0.4, 0.5) is 0 Å². The average molecular weight is 438 g/mol. The molecule has 0 spiro atoms. The molecule has 2 aliphatic rings. The van der Waals surface area contributed by atoms with Crippen molar-refractivity contribution >= 4 is 28.2 Å². The first kappa shape index (κ1) is 20.3. The Bertz CT molecular complexity index is 1280. The van der Waals surface area contributed by atoms with E-state index in [0.29, 0.717) is 22.6 Å². The lowest BCUT2D eigenvalue weighted by molar-refractivity contribution is 0.0695. The van der Waals surface area contributed by atoms with Crippen LogP contribution in [-0.4, -0.2) is 22.8 Å². The number of aromatic nitrogens is 1. The van der Waals surface area contributed by atoms with E-state index in [9.17, 15) is 14.7 Å². The van der Waals surface area contributed by atoms with E-state index in [1.807, 2.05) is 22.0 Å². The second-order valence-corrected chi connectivity index (χ2v) is 10.7. The Morgan fingerprint density at radius 1 is 1.26 bits per heavy atom. The Morgan fingerprint density at radius 2 is 2.00 bits per heavy atom. The van der Waals surface area contributed by atoms with Gasteiger partial charge in [0.1, 0.15) is 5.56 Å². The van der Waals surface area contributed by atoms with Crippen molar-refractivity contribution in [2.75, 3.05) is 7.11 Å². The Labute approximate surface area is 185 Å². The third-order valence-corrected chi connectivity index (χ3v) is 8.33. The van der Waals surface area contributed by atoms with E-state index < -0.39 is 11.4 Å². The van der Waals surface area contributed by atoms with Crippen LogP contribution in [0, 0.1) is 0 Å².